The zero-order chi connectivity index (χ0) is 16.8. The van der Waals surface area contributed by atoms with E-state index in [1.807, 2.05) is 40.6 Å². The van der Waals surface area contributed by atoms with Crippen LogP contribution in [0.25, 0.3) is 6.08 Å². The summed E-state index contributed by atoms with van der Waals surface area (Å²) >= 11 is 1.34. The highest BCUT2D eigenvalue weighted by molar-refractivity contribution is 7.14. The minimum Gasteiger partial charge on any atom is -0.342 e. The van der Waals surface area contributed by atoms with Crippen LogP contribution in [-0.4, -0.2) is 34.8 Å². The second-order valence-corrected chi connectivity index (χ2v) is 6.50. The van der Waals surface area contributed by atoms with Crippen molar-refractivity contribution in [1.82, 2.24) is 9.88 Å². The highest BCUT2D eigenvalue weighted by atomic mass is 32.1. The van der Waals surface area contributed by atoms with Crippen molar-refractivity contribution in [2.45, 2.75) is 19.3 Å². The molecule has 1 aliphatic rings. The maximum absolute atomic E-state index is 12.1. The predicted octanol–water partition coefficient (Wildman–Crippen LogP) is 2.96. The first-order chi connectivity index (χ1) is 11.7. The molecule has 2 heterocycles. The Morgan fingerprint density at radius 1 is 1.21 bits per heavy atom. The highest BCUT2D eigenvalue weighted by Crippen LogP contribution is 2.17. The molecule has 5 nitrogen and oxygen atoms in total. The Bertz CT molecular complexity index is 734. The maximum Gasteiger partial charge on any atom is 0.250 e. The lowest BCUT2D eigenvalue weighted by Gasteiger charge is -2.13. The van der Waals surface area contributed by atoms with Crippen LogP contribution in [0.1, 0.15) is 24.1 Å². The van der Waals surface area contributed by atoms with Gasteiger partial charge in [-0.25, -0.2) is 4.98 Å². The van der Waals surface area contributed by atoms with Crippen molar-refractivity contribution in [2.24, 2.45) is 0 Å². The van der Waals surface area contributed by atoms with E-state index in [-0.39, 0.29) is 11.8 Å². The maximum atomic E-state index is 12.1. The van der Waals surface area contributed by atoms with Crippen LogP contribution < -0.4 is 5.32 Å². The van der Waals surface area contributed by atoms with Gasteiger partial charge in [-0.3, -0.25) is 14.9 Å². The fourth-order valence-corrected chi connectivity index (χ4v) is 3.28. The van der Waals surface area contributed by atoms with Gasteiger partial charge < -0.3 is 4.90 Å². The van der Waals surface area contributed by atoms with E-state index in [9.17, 15) is 9.59 Å². The minimum atomic E-state index is -0.231. The topological polar surface area (TPSA) is 62.3 Å². The van der Waals surface area contributed by atoms with E-state index in [0.29, 0.717) is 17.2 Å². The number of hydrogen-bond donors (Lipinski definition) is 1. The summed E-state index contributed by atoms with van der Waals surface area (Å²) in [5, 5.41) is 5.07. The molecule has 2 amide bonds. The lowest BCUT2D eigenvalue weighted by molar-refractivity contribution is -0.129. The van der Waals surface area contributed by atoms with Crippen molar-refractivity contribution in [3.8, 4) is 0 Å². The summed E-state index contributed by atoms with van der Waals surface area (Å²) in [5.74, 6) is -0.120. The lowest BCUT2D eigenvalue weighted by atomic mass is 10.2. The van der Waals surface area contributed by atoms with E-state index in [2.05, 4.69) is 10.3 Å². The van der Waals surface area contributed by atoms with E-state index in [1.54, 1.807) is 6.08 Å². The van der Waals surface area contributed by atoms with Crippen molar-refractivity contribution in [3.63, 3.8) is 0 Å². The Morgan fingerprint density at radius 2 is 1.96 bits per heavy atom. The van der Waals surface area contributed by atoms with Crippen LogP contribution in [0.4, 0.5) is 5.13 Å². The Labute approximate surface area is 145 Å². The molecule has 0 unspecified atom stereocenters. The Kier molecular flexibility index (Phi) is 5.38. The second kappa shape index (κ2) is 7.88. The second-order valence-electron chi connectivity index (χ2n) is 5.64. The highest BCUT2D eigenvalue weighted by Gasteiger charge is 2.19. The van der Waals surface area contributed by atoms with Gasteiger partial charge in [0, 0.05) is 24.5 Å². The average Bonchev–Trinajstić information content (AvgIpc) is 3.26. The number of likely N-dealkylation sites (tertiary alicyclic amines) is 1. The third-order valence-electron chi connectivity index (χ3n) is 3.80. The van der Waals surface area contributed by atoms with Crippen LogP contribution in [0.2, 0.25) is 0 Å². The van der Waals surface area contributed by atoms with Crippen LogP contribution in [-0.2, 0) is 16.0 Å². The van der Waals surface area contributed by atoms with Gasteiger partial charge in [-0.05, 0) is 24.5 Å². The number of carbonyl (C=O) groups is 2. The number of benzene rings is 1. The number of nitrogens with zero attached hydrogens (tertiary/aromatic N) is 2. The number of thiazole rings is 1. The first-order valence-corrected chi connectivity index (χ1v) is 8.85. The van der Waals surface area contributed by atoms with E-state index >= 15 is 0 Å². The number of aromatic nitrogens is 1. The smallest absolute Gasteiger partial charge is 0.250 e. The monoisotopic (exact) mass is 341 g/mol. The van der Waals surface area contributed by atoms with Gasteiger partial charge in [-0.1, -0.05) is 30.3 Å². The average molecular weight is 341 g/mol. The first-order valence-electron chi connectivity index (χ1n) is 7.97. The summed E-state index contributed by atoms with van der Waals surface area (Å²) in [6.07, 6.45) is 5.69. The molecule has 0 spiro atoms. The molecule has 1 aromatic heterocycles. The number of amides is 2. The number of hydrogen-bond acceptors (Lipinski definition) is 4. The minimum absolute atomic E-state index is 0.111. The van der Waals surface area contributed by atoms with Gasteiger partial charge in [0.05, 0.1) is 12.1 Å². The van der Waals surface area contributed by atoms with Gasteiger partial charge in [-0.15, -0.1) is 11.3 Å². The zero-order valence-corrected chi connectivity index (χ0v) is 14.1. The molecule has 124 valence electrons. The lowest BCUT2D eigenvalue weighted by Crippen LogP contribution is -2.29. The molecule has 24 heavy (non-hydrogen) atoms. The molecule has 0 saturated carbocycles. The molecular weight excluding hydrogens is 322 g/mol. The molecular formula is C18H19N3O2S. The van der Waals surface area contributed by atoms with Crippen molar-refractivity contribution in [1.29, 1.82) is 0 Å². The largest absolute Gasteiger partial charge is 0.342 e. The third kappa shape index (κ3) is 4.52. The molecule has 0 atom stereocenters. The van der Waals surface area contributed by atoms with Crippen LogP contribution in [0, 0.1) is 0 Å². The van der Waals surface area contributed by atoms with Crippen molar-refractivity contribution in [2.75, 3.05) is 18.4 Å². The van der Waals surface area contributed by atoms with Crippen LogP contribution in [0.5, 0.6) is 0 Å². The third-order valence-corrected chi connectivity index (χ3v) is 4.61. The number of anilines is 1. The molecule has 0 aliphatic carbocycles. The molecule has 1 N–H and O–H groups in total. The summed E-state index contributed by atoms with van der Waals surface area (Å²) in [5.41, 5.74) is 1.67. The molecule has 1 saturated heterocycles. The molecule has 0 bridgehead atoms. The zero-order valence-electron chi connectivity index (χ0n) is 13.3. The van der Waals surface area contributed by atoms with Gasteiger partial charge in [0.2, 0.25) is 11.8 Å². The van der Waals surface area contributed by atoms with Gasteiger partial charge in [0.25, 0.3) is 0 Å². The summed E-state index contributed by atoms with van der Waals surface area (Å²) in [6.45, 7) is 1.69. The molecule has 3 rings (SSSR count). The Morgan fingerprint density at radius 3 is 2.71 bits per heavy atom. The molecule has 2 aromatic rings. The molecule has 1 aliphatic heterocycles. The van der Waals surface area contributed by atoms with E-state index in [4.69, 9.17) is 0 Å². The van der Waals surface area contributed by atoms with Crippen molar-refractivity contribution < 1.29 is 9.59 Å². The number of carbonyl (C=O) groups excluding carboxylic acids is 2. The van der Waals surface area contributed by atoms with Gasteiger partial charge >= 0.3 is 0 Å². The summed E-state index contributed by atoms with van der Waals surface area (Å²) < 4.78 is 0. The van der Waals surface area contributed by atoms with Gasteiger partial charge in [0.15, 0.2) is 5.13 Å². The quantitative estimate of drug-likeness (QED) is 0.851. The predicted molar refractivity (Wildman–Crippen MR) is 95.7 cm³/mol. The van der Waals surface area contributed by atoms with Crippen LogP contribution >= 0.6 is 11.3 Å². The fraction of sp³-hybridized carbons (Fsp3) is 0.278. The molecule has 6 heteroatoms. The van der Waals surface area contributed by atoms with Crippen molar-refractivity contribution >= 4 is 34.4 Å². The van der Waals surface area contributed by atoms with E-state index in [0.717, 1.165) is 31.5 Å². The summed E-state index contributed by atoms with van der Waals surface area (Å²) in [7, 11) is 0. The molecule has 1 fully saturated rings. The standard InChI is InChI=1S/C18H19N3O2S/c22-16(9-8-14-6-2-1-3-7-14)20-18-19-15(13-24-18)12-17(23)21-10-4-5-11-21/h1-3,6-9,13H,4-5,10-12H2,(H,19,20,22)/b9-8+. The fourth-order valence-electron chi connectivity index (χ4n) is 2.56. The summed E-state index contributed by atoms with van der Waals surface area (Å²) in [4.78, 5) is 30.2. The van der Waals surface area contributed by atoms with Crippen molar-refractivity contribution in [3.05, 3.63) is 53.0 Å². The SMILES string of the molecule is O=C(/C=C/c1ccccc1)Nc1nc(CC(=O)N2CCCC2)cs1. The number of nitrogens with one attached hydrogen (secondary N) is 1. The Balaban J connectivity index is 1.52. The van der Waals surface area contributed by atoms with Crippen LogP contribution in [0.3, 0.4) is 0 Å². The van der Waals surface area contributed by atoms with E-state index in [1.165, 1.54) is 17.4 Å². The number of rotatable bonds is 5. The normalized spacial score (nSPS) is 14.2. The molecule has 1 aromatic carbocycles. The molecule has 0 radical (unpaired) electrons. The first kappa shape index (κ1) is 16.4. The van der Waals surface area contributed by atoms with Crippen LogP contribution in [0.15, 0.2) is 41.8 Å². The summed E-state index contributed by atoms with van der Waals surface area (Å²) in [6, 6.07) is 9.62. The Hall–Kier alpha value is -2.47. The van der Waals surface area contributed by atoms with E-state index < -0.39 is 0 Å². The van der Waals surface area contributed by atoms with Gasteiger partial charge in [0.1, 0.15) is 0 Å². The van der Waals surface area contributed by atoms with Gasteiger partial charge in [-0.2, -0.15) is 0 Å².